The minimum Gasteiger partial charge on any atom is -0.328 e. The zero-order valence-electron chi connectivity index (χ0n) is 11.1. The van der Waals surface area contributed by atoms with Gasteiger partial charge in [0.1, 0.15) is 5.82 Å². The Morgan fingerprint density at radius 3 is 2.79 bits per heavy atom. The quantitative estimate of drug-likeness (QED) is 0.843. The van der Waals surface area contributed by atoms with E-state index in [-0.39, 0.29) is 0 Å². The maximum atomic E-state index is 4.55. The second-order valence-electron chi connectivity index (χ2n) is 5.20. The fourth-order valence-corrected chi connectivity index (χ4v) is 3.13. The summed E-state index contributed by atoms with van der Waals surface area (Å²) in [5.74, 6) is 1.08. The smallest absolute Gasteiger partial charge is 0.140 e. The van der Waals surface area contributed by atoms with Crippen LogP contribution < -0.4 is 0 Å². The van der Waals surface area contributed by atoms with Crippen molar-refractivity contribution < 1.29 is 0 Å². The molecule has 1 aromatic heterocycles. The van der Waals surface area contributed by atoms with E-state index in [2.05, 4.69) is 61.8 Å². The van der Waals surface area contributed by atoms with E-state index in [9.17, 15) is 0 Å². The Morgan fingerprint density at radius 1 is 1.26 bits per heavy atom. The van der Waals surface area contributed by atoms with Crippen molar-refractivity contribution in [1.29, 1.82) is 0 Å². The van der Waals surface area contributed by atoms with Gasteiger partial charge in [-0.05, 0) is 45.1 Å². The van der Waals surface area contributed by atoms with Crippen molar-refractivity contribution in [2.24, 2.45) is 0 Å². The largest absolute Gasteiger partial charge is 0.328 e. The average Bonchev–Trinajstić information content (AvgIpc) is 2.89. The van der Waals surface area contributed by atoms with Gasteiger partial charge in [-0.15, -0.1) is 0 Å². The summed E-state index contributed by atoms with van der Waals surface area (Å²) >= 11 is 3.53. The Hall–Kier alpha value is -1.13. The van der Waals surface area contributed by atoms with Crippen LogP contribution in [-0.2, 0) is 0 Å². The summed E-state index contributed by atoms with van der Waals surface area (Å²) in [5, 5.41) is 0. The monoisotopic (exact) mass is 319 g/mol. The number of nitrogens with zero attached hydrogens (tertiary/aromatic N) is 3. The summed E-state index contributed by atoms with van der Waals surface area (Å²) in [5.41, 5.74) is 1.18. The molecule has 4 heteroatoms. The van der Waals surface area contributed by atoms with Crippen LogP contribution in [0.25, 0.3) is 11.4 Å². The van der Waals surface area contributed by atoms with Gasteiger partial charge in [0, 0.05) is 28.5 Å². The molecule has 3 rings (SSSR count). The van der Waals surface area contributed by atoms with Crippen LogP contribution in [0, 0.1) is 0 Å². The van der Waals surface area contributed by atoms with Crippen LogP contribution in [0.2, 0.25) is 0 Å². The molecule has 1 aliphatic heterocycles. The topological polar surface area (TPSA) is 21.1 Å². The number of hydrogen-bond donors (Lipinski definition) is 0. The van der Waals surface area contributed by atoms with Crippen LogP contribution in [0.4, 0.5) is 0 Å². The summed E-state index contributed by atoms with van der Waals surface area (Å²) < 4.78 is 3.44. The molecule has 0 amide bonds. The third-order valence-corrected chi connectivity index (χ3v) is 4.33. The summed E-state index contributed by atoms with van der Waals surface area (Å²) in [4.78, 5) is 6.95. The van der Waals surface area contributed by atoms with Gasteiger partial charge in [0.05, 0.1) is 0 Å². The molecule has 0 spiro atoms. The van der Waals surface area contributed by atoms with Crippen LogP contribution in [-0.4, -0.2) is 34.6 Å². The normalized spacial score (nSPS) is 17.8. The van der Waals surface area contributed by atoms with Crippen molar-refractivity contribution in [1.82, 2.24) is 14.5 Å². The molecule has 0 N–H and O–H groups in total. The van der Waals surface area contributed by atoms with Gasteiger partial charge in [-0.25, -0.2) is 4.98 Å². The zero-order valence-corrected chi connectivity index (χ0v) is 12.7. The lowest BCUT2D eigenvalue weighted by atomic mass is 10.0. The third-order valence-electron chi connectivity index (χ3n) is 3.83. The molecule has 0 aliphatic carbocycles. The molecule has 1 aliphatic rings. The van der Waals surface area contributed by atoms with Crippen LogP contribution in [0.3, 0.4) is 0 Å². The highest BCUT2D eigenvalue weighted by Crippen LogP contribution is 2.28. The van der Waals surface area contributed by atoms with Gasteiger partial charge in [-0.1, -0.05) is 28.1 Å². The van der Waals surface area contributed by atoms with Crippen LogP contribution in [0.5, 0.6) is 0 Å². The van der Waals surface area contributed by atoms with Gasteiger partial charge in [-0.2, -0.15) is 0 Å². The number of hydrogen-bond acceptors (Lipinski definition) is 2. The number of aromatic nitrogens is 2. The van der Waals surface area contributed by atoms with E-state index >= 15 is 0 Å². The molecule has 0 radical (unpaired) electrons. The molecule has 0 bridgehead atoms. The first kappa shape index (κ1) is 12.9. The number of benzene rings is 1. The molecule has 3 nitrogen and oxygen atoms in total. The molecule has 19 heavy (non-hydrogen) atoms. The Morgan fingerprint density at radius 2 is 2.05 bits per heavy atom. The molecule has 0 saturated carbocycles. The van der Waals surface area contributed by atoms with Crippen LogP contribution >= 0.6 is 15.9 Å². The molecule has 1 saturated heterocycles. The summed E-state index contributed by atoms with van der Waals surface area (Å²) in [6.45, 7) is 2.33. The number of rotatable bonds is 2. The molecule has 1 aromatic carbocycles. The molecular weight excluding hydrogens is 302 g/mol. The highest BCUT2D eigenvalue weighted by atomic mass is 79.9. The Kier molecular flexibility index (Phi) is 3.71. The molecule has 2 aromatic rings. The summed E-state index contributed by atoms with van der Waals surface area (Å²) in [7, 11) is 2.19. The molecule has 1 fully saturated rings. The van der Waals surface area contributed by atoms with Gasteiger partial charge < -0.3 is 9.47 Å². The molecule has 2 heterocycles. The Labute approximate surface area is 122 Å². The molecule has 100 valence electrons. The Bertz CT molecular complexity index is 556. The minimum absolute atomic E-state index is 0.577. The van der Waals surface area contributed by atoms with E-state index in [1.54, 1.807) is 0 Å². The van der Waals surface area contributed by atoms with Gasteiger partial charge in [-0.3, -0.25) is 0 Å². The maximum absolute atomic E-state index is 4.55. The SMILES string of the molecule is CN1CCC(n2ccnc2-c2cccc(Br)c2)CC1. The minimum atomic E-state index is 0.577. The van der Waals surface area contributed by atoms with Crippen molar-refractivity contribution in [3.63, 3.8) is 0 Å². The van der Waals surface area contributed by atoms with E-state index in [0.717, 1.165) is 10.3 Å². The van der Waals surface area contributed by atoms with Gasteiger partial charge in [0.15, 0.2) is 0 Å². The highest BCUT2D eigenvalue weighted by molar-refractivity contribution is 9.10. The maximum Gasteiger partial charge on any atom is 0.140 e. The van der Waals surface area contributed by atoms with E-state index in [1.165, 1.54) is 31.5 Å². The predicted octanol–water partition coefficient (Wildman–Crippen LogP) is 3.58. The predicted molar refractivity (Wildman–Crippen MR) is 81.1 cm³/mol. The lowest BCUT2D eigenvalue weighted by Gasteiger charge is -2.30. The Balaban J connectivity index is 1.90. The van der Waals surface area contributed by atoms with Crippen molar-refractivity contribution in [3.8, 4) is 11.4 Å². The van der Waals surface area contributed by atoms with E-state index in [0.29, 0.717) is 6.04 Å². The van der Waals surface area contributed by atoms with Crippen LogP contribution in [0.1, 0.15) is 18.9 Å². The van der Waals surface area contributed by atoms with Gasteiger partial charge >= 0.3 is 0 Å². The highest BCUT2D eigenvalue weighted by Gasteiger charge is 2.20. The summed E-state index contributed by atoms with van der Waals surface area (Å²) in [6.07, 6.45) is 6.43. The first-order valence-corrected chi connectivity index (χ1v) is 7.50. The van der Waals surface area contributed by atoms with Crippen molar-refractivity contribution in [2.75, 3.05) is 20.1 Å². The van der Waals surface area contributed by atoms with Crippen molar-refractivity contribution in [2.45, 2.75) is 18.9 Å². The third kappa shape index (κ3) is 2.74. The fourth-order valence-electron chi connectivity index (χ4n) is 2.73. The zero-order chi connectivity index (χ0) is 13.2. The van der Waals surface area contributed by atoms with E-state index < -0.39 is 0 Å². The number of likely N-dealkylation sites (tertiary alicyclic amines) is 1. The standard InChI is InChI=1S/C15H18BrN3/c1-18-8-5-14(6-9-18)19-10-7-17-15(19)12-3-2-4-13(16)11-12/h2-4,7,10-11,14H,5-6,8-9H2,1H3. The fraction of sp³-hybridized carbons (Fsp3) is 0.400. The number of imidazole rings is 1. The lowest BCUT2D eigenvalue weighted by molar-refractivity contribution is 0.222. The average molecular weight is 320 g/mol. The first-order chi connectivity index (χ1) is 9.24. The van der Waals surface area contributed by atoms with Crippen LogP contribution in [0.15, 0.2) is 41.1 Å². The van der Waals surface area contributed by atoms with Gasteiger partial charge in [0.2, 0.25) is 0 Å². The van der Waals surface area contributed by atoms with Gasteiger partial charge in [0.25, 0.3) is 0 Å². The molecule has 0 atom stereocenters. The number of piperidine rings is 1. The summed E-state index contributed by atoms with van der Waals surface area (Å²) in [6, 6.07) is 8.94. The van der Waals surface area contributed by atoms with Crippen molar-refractivity contribution >= 4 is 15.9 Å². The lowest BCUT2D eigenvalue weighted by Crippen LogP contribution is -2.31. The van der Waals surface area contributed by atoms with Crippen molar-refractivity contribution in [3.05, 3.63) is 41.1 Å². The first-order valence-electron chi connectivity index (χ1n) is 6.71. The molecule has 0 unspecified atom stereocenters. The molecular formula is C15H18BrN3. The second kappa shape index (κ2) is 5.47. The second-order valence-corrected chi connectivity index (χ2v) is 6.12. The van der Waals surface area contributed by atoms with E-state index in [4.69, 9.17) is 0 Å². The number of halogens is 1. The van der Waals surface area contributed by atoms with E-state index in [1.807, 2.05) is 12.3 Å².